The van der Waals surface area contributed by atoms with E-state index in [-0.39, 0.29) is 23.3 Å². The summed E-state index contributed by atoms with van der Waals surface area (Å²) in [5.41, 5.74) is 6.69. The SMILES string of the molecule is CCOc1cc([C@@H]2[C@H]3CCCC=C3C(C#N)=C(N)C2(C#N)C#N)ccc1OC(C)C. The molecule has 0 saturated heterocycles. The Morgan fingerprint density at radius 2 is 1.93 bits per heavy atom. The van der Waals surface area contributed by atoms with Crippen molar-refractivity contribution in [3.63, 3.8) is 0 Å². The molecule has 0 aromatic heterocycles. The van der Waals surface area contributed by atoms with Crippen molar-refractivity contribution in [3.8, 4) is 29.7 Å². The Labute approximate surface area is 177 Å². The molecule has 30 heavy (non-hydrogen) atoms. The van der Waals surface area contributed by atoms with Crippen LogP contribution in [0.2, 0.25) is 0 Å². The molecule has 6 heteroatoms. The lowest BCUT2D eigenvalue weighted by Gasteiger charge is -2.43. The van der Waals surface area contributed by atoms with Crippen molar-refractivity contribution in [2.24, 2.45) is 17.1 Å². The van der Waals surface area contributed by atoms with Crippen molar-refractivity contribution >= 4 is 0 Å². The Morgan fingerprint density at radius 3 is 2.53 bits per heavy atom. The Hall–Kier alpha value is -3.43. The van der Waals surface area contributed by atoms with Crippen LogP contribution in [0.1, 0.15) is 51.5 Å². The number of allylic oxidation sites excluding steroid dienone is 4. The van der Waals surface area contributed by atoms with Gasteiger partial charge in [-0.1, -0.05) is 12.1 Å². The van der Waals surface area contributed by atoms with Crippen LogP contribution in [-0.4, -0.2) is 12.7 Å². The van der Waals surface area contributed by atoms with Crippen LogP contribution in [0.5, 0.6) is 11.5 Å². The molecule has 0 fully saturated rings. The van der Waals surface area contributed by atoms with Gasteiger partial charge in [0.25, 0.3) is 0 Å². The predicted molar refractivity (Wildman–Crippen MR) is 112 cm³/mol. The first-order valence-electron chi connectivity index (χ1n) is 10.3. The molecule has 3 rings (SSSR count). The van der Waals surface area contributed by atoms with Gasteiger partial charge in [0.2, 0.25) is 0 Å². The average Bonchev–Trinajstić information content (AvgIpc) is 2.74. The van der Waals surface area contributed by atoms with E-state index in [1.807, 2.05) is 45.0 Å². The maximum absolute atomic E-state index is 10.1. The first-order chi connectivity index (χ1) is 14.4. The van der Waals surface area contributed by atoms with Crippen LogP contribution in [-0.2, 0) is 0 Å². The van der Waals surface area contributed by atoms with E-state index in [1.165, 1.54) is 0 Å². The van der Waals surface area contributed by atoms with Gasteiger partial charge in [-0.25, -0.2) is 0 Å². The average molecular weight is 402 g/mol. The number of nitriles is 3. The molecule has 0 spiro atoms. The summed E-state index contributed by atoms with van der Waals surface area (Å²) in [5.74, 6) is 0.560. The van der Waals surface area contributed by atoms with Gasteiger partial charge in [-0.3, -0.25) is 0 Å². The molecule has 0 radical (unpaired) electrons. The third-order valence-corrected chi connectivity index (χ3v) is 5.79. The molecule has 0 heterocycles. The second kappa shape index (κ2) is 8.52. The molecule has 2 aliphatic carbocycles. The van der Waals surface area contributed by atoms with Crippen LogP contribution in [0.4, 0.5) is 0 Å². The topological polar surface area (TPSA) is 116 Å². The summed E-state index contributed by atoms with van der Waals surface area (Å²) in [6, 6.07) is 12.0. The van der Waals surface area contributed by atoms with E-state index in [1.54, 1.807) is 0 Å². The molecule has 2 N–H and O–H groups in total. The first kappa shape index (κ1) is 21.3. The maximum Gasteiger partial charge on any atom is 0.191 e. The van der Waals surface area contributed by atoms with Crippen molar-refractivity contribution in [3.05, 3.63) is 46.7 Å². The fourth-order valence-corrected chi connectivity index (χ4v) is 4.59. The quantitative estimate of drug-likeness (QED) is 0.777. The van der Waals surface area contributed by atoms with Crippen LogP contribution in [0, 0.1) is 45.3 Å². The summed E-state index contributed by atoms with van der Waals surface area (Å²) >= 11 is 0. The highest BCUT2D eigenvalue weighted by atomic mass is 16.5. The Balaban J connectivity index is 2.24. The van der Waals surface area contributed by atoms with E-state index in [9.17, 15) is 15.8 Å². The first-order valence-corrected chi connectivity index (χ1v) is 10.3. The van der Waals surface area contributed by atoms with E-state index in [2.05, 4.69) is 18.2 Å². The molecule has 0 unspecified atom stereocenters. The molecule has 0 amide bonds. The second-order valence-corrected chi connectivity index (χ2v) is 7.91. The van der Waals surface area contributed by atoms with Crippen LogP contribution < -0.4 is 15.2 Å². The molecule has 0 aliphatic heterocycles. The number of nitrogens with zero attached hydrogens (tertiary/aromatic N) is 3. The zero-order valence-corrected chi connectivity index (χ0v) is 17.6. The van der Waals surface area contributed by atoms with Gasteiger partial charge < -0.3 is 15.2 Å². The summed E-state index contributed by atoms with van der Waals surface area (Å²) in [6.45, 7) is 6.23. The smallest absolute Gasteiger partial charge is 0.191 e. The zero-order chi connectivity index (χ0) is 21.9. The summed E-state index contributed by atoms with van der Waals surface area (Å²) < 4.78 is 11.7. The van der Waals surface area contributed by atoms with Gasteiger partial charge in [0.1, 0.15) is 6.07 Å². The Morgan fingerprint density at radius 1 is 1.20 bits per heavy atom. The van der Waals surface area contributed by atoms with Gasteiger partial charge in [0.05, 0.1) is 36.1 Å². The number of benzene rings is 1. The molecule has 6 nitrogen and oxygen atoms in total. The molecule has 1 aromatic rings. The van der Waals surface area contributed by atoms with Gasteiger partial charge >= 0.3 is 0 Å². The maximum atomic E-state index is 10.1. The number of hydrogen-bond donors (Lipinski definition) is 1. The number of hydrogen-bond acceptors (Lipinski definition) is 6. The van der Waals surface area contributed by atoms with Crippen molar-refractivity contribution in [1.29, 1.82) is 15.8 Å². The lowest BCUT2D eigenvalue weighted by Crippen LogP contribution is -2.42. The third kappa shape index (κ3) is 3.38. The van der Waals surface area contributed by atoms with Gasteiger partial charge in [-0.05, 0) is 69.2 Å². The summed E-state index contributed by atoms with van der Waals surface area (Å²) in [7, 11) is 0. The lowest BCUT2D eigenvalue weighted by molar-refractivity contribution is 0.223. The van der Waals surface area contributed by atoms with Gasteiger partial charge in [0, 0.05) is 5.92 Å². The van der Waals surface area contributed by atoms with E-state index < -0.39 is 11.3 Å². The molecule has 0 bridgehead atoms. The molecular weight excluding hydrogens is 376 g/mol. The zero-order valence-electron chi connectivity index (χ0n) is 17.6. The van der Waals surface area contributed by atoms with Gasteiger partial charge in [-0.2, -0.15) is 15.8 Å². The van der Waals surface area contributed by atoms with E-state index in [4.69, 9.17) is 15.2 Å². The van der Waals surface area contributed by atoms with Crippen LogP contribution >= 0.6 is 0 Å². The normalized spacial score (nSPS) is 22.2. The summed E-state index contributed by atoms with van der Waals surface area (Å²) in [5, 5.41) is 30.0. The van der Waals surface area contributed by atoms with Crippen molar-refractivity contribution in [2.45, 2.75) is 52.1 Å². The van der Waals surface area contributed by atoms with Crippen LogP contribution in [0.15, 0.2) is 41.1 Å². The fraction of sp³-hybridized carbons (Fsp3) is 0.458. The minimum Gasteiger partial charge on any atom is -0.490 e. The fourth-order valence-electron chi connectivity index (χ4n) is 4.59. The molecule has 1 aromatic carbocycles. The van der Waals surface area contributed by atoms with Crippen molar-refractivity contribution in [2.75, 3.05) is 6.61 Å². The summed E-state index contributed by atoms with van der Waals surface area (Å²) in [4.78, 5) is 0. The molecule has 154 valence electrons. The molecule has 2 atom stereocenters. The number of fused-ring (bicyclic) bond motifs is 1. The molecular formula is C24H26N4O2. The summed E-state index contributed by atoms with van der Waals surface area (Å²) in [6.07, 6.45) is 4.59. The van der Waals surface area contributed by atoms with E-state index >= 15 is 0 Å². The highest BCUT2D eigenvalue weighted by Crippen LogP contribution is 2.56. The number of rotatable bonds is 5. The van der Waals surface area contributed by atoms with Crippen molar-refractivity contribution in [1.82, 2.24) is 0 Å². The lowest BCUT2D eigenvalue weighted by atomic mass is 9.57. The highest BCUT2D eigenvalue weighted by molar-refractivity contribution is 5.60. The van der Waals surface area contributed by atoms with Crippen molar-refractivity contribution < 1.29 is 9.47 Å². The Kier molecular flexibility index (Phi) is 6.04. The van der Waals surface area contributed by atoms with Crippen LogP contribution in [0.3, 0.4) is 0 Å². The van der Waals surface area contributed by atoms with Crippen LogP contribution in [0.25, 0.3) is 0 Å². The predicted octanol–water partition coefficient (Wildman–Crippen LogP) is 4.47. The van der Waals surface area contributed by atoms with E-state index in [0.29, 0.717) is 18.1 Å². The second-order valence-electron chi connectivity index (χ2n) is 7.91. The van der Waals surface area contributed by atoms with E-state index in [0.717, 1.165) is 30.4 Å². The number of ether oxygens (including phenoxy) is 2. The monoisotopic (exact) mass is 402 g/mol. The number of nitrogens with two attached hydrogens (primary N) is 1. The minimum atomic E-state index is -1.62. The van der Waals surface area contributed by atoms with Gasteiger partial charge in [0.15, 0.2) is 16.9 Å². The minimum absolute atomic E-state index is 0.0216. The molecule has 0 saturated carbocycles. The Bertz CT molecular complexity index is 1000. The molecule has 2 aliphatic rings. The highest BCUT2D eigenvalue weighted by Gasteiger charge is 2.53. The largest absolute Gasteiger partial charge is 0.490 e. The standard InChI is InChI=1S/C24H26N4O2/c1-4-29-21-11-16(9-10-20(21)30-15(2)3)22-18-8-6-5-7-17(18)19(12-25)23(28)24(22,13-26)14-27/h7,9-11,15,18,22H,4-6,8,28H2,1-3H3/t18-,22+/m0/s1. The third-order valence-electron chi connectivity index (χ3n) is 5.79. The van der Waals surface area contributed by atoms with Gasteiger partial charge in [-0.15, -0.1) is 0 Å².